The van der Waals surface area contributed by atoms with E-state index in [0.29, 0.717) is 5.56 Å². The number of benzene rings is 1. The minimum Gasteiger partial charge on any atom is -0.493 e. The van der Waals surface area contributed by atoms with E-state index in [1.54, 1.807) is 12.1 Å². The van der Waals surface area contributed by atoms with Gasteiger partial charge in [-0.3, -0.25) is 0 Å². The van der Waals surface area contributed by atoms with Crippen LogP contribution in [0.1, 0.15) is 5.56 Å². The Hall–Kier alpha value is -2.37. The molecule has 1 aromatic carbocycles. The van der Waals surface area contributed by atoms with Gasteiger partial charge in [0.15, 0.2) is 11.5 Å². The fraction of sp³-hybridized carbons (Fsp3) is 0.500. The van der Waals surface area contributed by atoms with Crippen molar-refractivity contribution in [1.82, 2.24) is 0 Å². The van der Waals surface area contributed by atoms with Crippen LogP contribution in [0.2, 0.25) is 0 Å². The normalized spacial score (nSPS) is 27.5. The van der Waals surface area contributed by atoms with Crippen LogP contribution >= 0.6 is 0 Å². The van der Waals surface area contributed by atoms with E-state index < -0.39 is 43.3 Å². The molecule has 0 aliphatic carbocycles. The highest BCUT2D eigenvalue weighted by Crippen LogP contribution is 2.40. The summed E-state index contributed by atoms with van der Waals surface area (Å²) >= 11 is 0. The average molecular weight is 400 g/mol. The van der Waals surface area contributed by atoms with Crippen molar-refractivity contribution >= 4 is 12.0 Å². The molecule has 0 amide bonds. The van der Waals surface area contributed by atoms with Crippen molar-refractivity contribution in [2.24, 2.45) is 0 Å². The zero-order valence-electron chi connectivity index (χ0n) is 15.6. The third-order valence-corrected chi connectivity index (χ3v) is 4.18. The fourth-order valence-electron chi connectivity index (χ4n) is 2.63. The van der Waals surface area contributed by atoms with Gasteiger partial charge in [-0.15, -0.1) is 0 Å². The molecule has 1 aliphatic heterocycles. The molecule has 10 heteroatoms. The van der Waals surface area contributed by atoms with Gasteiger partial charge in [-0.25, -0.2) is 4.79 Å². The van der Waals surface area contributed by atoms with Crippen molar-refractivity contribution in [3.05, 3.63) is 23.8 Å². The molecule has 0 aromatic heterocycles. The summed E-state index contributed by atoms with van der Waals surface area (Å²) in [6, 6.07) is 3.09. The number of carbonyl (C=O) groups excluding carboxylic acids is 1. The number of methoxy groups -OCH3 is 3. The quantitative estimate of drug-likeness (QED) is 0.335. The molecule has 0 spiro atoms. The van der Waals surface area contributed by atoms with Crippen molar-refractivity contribution in [2.75, 3.05) is 27.9 Å². The van der Waals surface area contributed by atoms with E-state index >= 15 is 0 Å². The van der Waals surface area contributed by atoms with Crippen molar-refractivity contribution in [1.29, 1.82) is 0 Å². The van der Waals surface area contributed by atoms with E-state index in [9.17, 15) is 25.2 Å². The lowest BCUT2D eigenvalue weighted by Crippen LogP contribution is -2.60. The predicted molar refractivity (Wildman–Crippen MR) is 95.0 cm³/mol. The van der Waals surface area contributed by atoms with Crippen LogP contribution in [0.15, 0.2) is 18.2 Å². The number of aliphatic hydroxyl groups excluding tert-OH is 4. The molecular weight excluding hydrogens is 376 g/mol. The van der Waals surface area contributed by atoms with Crippen LogP contribution in [-0.2, 0) is 14.3 Å². The van der Waals surface area contributed by atoms with E-state index in [0.717, 1.165) is 0 Å². The minimum absolute atomic E-state index is 0.0598. The van der Waals surface area contributed by atoms with Gasteiger partial charge >= 0.3 is 5.97 Å². The summed E-state index contributed by atoms with van der Waals surface area (Å²) in [6.07, 6.45) is -4.52. The Morgan fingerprint density at radius 3 is 2.18 bits per heavy atom. The lowest BCUT2D eigenvalue weighted by atomic mass is 9.99. The Morgan fingerprint density at radius 1 is 1.07 bits per heavy atom. The summed E-state index contributed by atoms with van der Waals surface area (Å²) in [7, 11) is 4.01. The Balaban J connectivity index is 2.33. The van der Waals surface area contributed by atoms with Crippen molar-refractivity contribution in [2.45, 2.75) is 30.7 Å². The third kappa shape index (κ3) is 4.72. The molecule has 1 saturated heterocycles. The van der Waals surface area contributed by atoms with Crippen molar-refractivity contribution in [3.8, 4) is 17.2 Å². The molecule has 1 aliphatic rings. The van der Waals surface area contributed by atoms with Gasteiger partial charge in [0.2, 0.25) is 12.0 Å². The van der Waals surface area contributed by atoms with Gasteiger partial charge in [0, 0.05) is 6.08 Å². The first-order valence-corrected chi connectivity index (χ1v) is 8.35. The lowest BCUT2D eigenvalue weighted by molar-refractivity contribution is -0.277. The smallest absolute Gasteiger partial charge is 0.330 e. The van der Waals surface area contributed by atoms with E-state index in [4.69, 9.17) is 18.9 Å². The van der Waals surface area contributed by atoms with Gasteiger partial charge in [0.1, 0.15) is 24.4 Å². The molecule has 28 heavy (non-hydrogen) atoms. The number of carbonyl (C=O) groups is 1. The maximum atomic E-state index is 11.3. The topological polar surface area (TPSA) is 144 Å². The average Bonchev–Trinajstić information content (AvgIpc) is 2.72. The zero-order valence-corrected chi connectivity index (χ0v) is 15.6. The third-order valence-electron chi connectivity index (χ3n) is 4.18. The Bertz CT molecular complexity index is 677. The van der Waals surface area contributed by atoms with Crippen LogP contribution in [0.4, 0.5) is 0 Å². The number of ether oxygens (including phenoxy) is 5. The number of hydrogen-bond acceptors (Lipinski definition) is 10. The SMILES string of the molecule is COC(=O)/C=C/c1cc(OC)c(O[C@@H]2O[C@H](CO)[C@@H](O)[C@H](O)[C@H]2O)c(OC)c1. The summed E-state index contributed by atoms with van der Waals surface area (Å²) in [6.45, 7) is -0.587. The summed E-state index contributed by atoms with van der Waals surface area (Å²) < 4.78 is 26.1. The Labute approximate surface area is 161 Å². The molecule has 0 saturated carbocycles. The molecule has 0 unspecified atom stereocenters. The van der Waals surface area contributed by atoms with Crippen molar-refractivity contribution in [3.63, 3.8) is 0 Å². The van der Waals surface area contributed by atoms with Gasteiger partial charge in [-0.1, -0.05) is 0 Å². The van der Waals surface area contributed by atoms with Crippen molar-refractivity contribution < 1.29 is 48.9 Å². The van der Waals surface area contributed by atoms with Crippen LogP contribution in [0.5, 0.6) is 17.2 Å². The summed E-state index contributed by atoms with van der Waals surface area (Å²) in [4.78, 5) is 11.3. The lowest BCUT2D eigenvalue weighted by Gasteiger charge is -2.39. The molecule has 0 bridgehead atoms. The Kier molecular flexibility index (Phi) is 7.61. The van der Waals surface area contributed by atoms with Gasteiger partial charge in [-0.05, 0) is 23.8 Å². The second kappa shape index (κ2) is 9.71. The van der Waals surface area contributed by atoms with Gasteiger partial charge in [0.05, 0.1) is 27.9 Å². The molecule has 1 heterocycles. The molecule has 1 aromatic rings. The molecule has 4 N–H and O–H groups in total. The number of esters is 1. The first-order chi connectivity index (χ1) is 13.4. The highest BCUT2D eigenvalue weighted by Gasteiger charge is 2.45. The standard InChI is InChI=1S/C18H24O10/c1-24-10-6-9(4-5-13(20)26-3)7-11(25-2)17(10)28-18-16(23)15(22)14(21)12(8-19)27-18/h4-7,12,14-16,18-19,21-23H,8H2,1-3H3/b5-4+/t12-,14-,15+,16-,18+/m1/s1. The zero-order chi connectivity index (χ0) is 20.8. The highest BCUT2D eigenvalue weighted by molar-refractivity contribution is 5.87. The maximum absolute atomic E-state index is 11.3. The number of aliphatic hydroxyl groups is 4. The summed E-state index contributed by atoms with van der Waals surface area (Å²) in [5, 5.41) is 39.2. The van der Waals surface area contributed by atoms with E-state index in [1.165, 1.54) is 33.5 Å². The van der Waals surface area contributed by atoms with Crippen LogP contribution < -0.4 is 14.2 Å². The molecule has 2 rings (SSSR count). The van der Waals surface area contributed by atoms with Crippen LogP contribution in [0.25, 0.3) is 6.08 Å². The predicted octanol–water partition coefficient (Wildman–Crippen LogP) is -0.931. The first kappa shape index (κ1) is 21.9. The maximum Gasteiger partial charge on any atom is 0.330 e. The number of hydrogen-bond donors (Lipinski definition) is 4. The second-order valence-corrected chi connectivity index (χ2v) is 5.93. The fourth-order valence-corrected chi connectivity index (χ4v) is 2.63. The van der Waals surface area contributed by atoms with Gasteiger partial charge in [0.25, 0.3) is 0 Å². The largest absolute Gasteiger partial charge is 0.493 e. The molecule has 0 radical (unpaired) electrons. The first-order valence-electron chi connectivity index (χ1n) is 8.35. The van der Waals surface area contributed by atoms with Crippen LogP contribution in [0.3, 0.4) is 0 Å². The molecule has 10 nitrogen and oxygen atoms in total. The van der Waals surface area contributed by atoms with E-state index in [-0.39, 0.29) is 17.2 Å². The Morgan fingerprint density at radius 2 is 1.68 bits per heavy atom. The highest BCUT2D eigenvalue weighted by atomic mass is 16.7. The van der Waals surface area contributed by atoms with E-state index in [1.807, 2.05) is 0 Å². The monoisotopic (exact) mass is 400 g/mol. The minimum atomic E-state index is -1.59. The van der Waals surface area contributed by atoms with Crippen LogP contribution in [-0.4, -0.2) is 85.0 Å². The van der Waals surface area contributed by atoms with E-state index in [2.05, 4.69) is 4.74 Å². The summed E-state index contributed by atoms with van der Waals surface area (Å²) in [5.41, 5.74) is 0.542. The molecule has 156 valence electrons. The molecule has 5 atom stereocenters. The van der Waals surface area contributed by atoms with Crippen LogP contribution in [0, 0.1) is 0 Å². The molecule has 1 fully saturated rings. The molecular formula is C18H24O10. The number of rotatable bonds is 7. The van der Waals surface area contributed by atoms with Gasteiger partial charge < -0.3 is 44.1 Å². The summed E-state index contributed by atoms with van der Waals surface area (Å²) in [5.74, 6) is -0.0919. The van der Waals surface area contributed by atoms with Gasteiger partial charge in [-0.2, -0.15) is 0 Å². The second-order valence-electron chi connectivity index (χ2n) is 5.93.